The normalized spacial score (nSPS) is 22.0. The lowest BCUT2D eigenvalue weighted by Gasteiger charge is -2.29. The number of hydrogen-bond donors (Lipinski definition) is 1. The smallest absolute Gasteiger partial charge is 0.409 e. The fraction of sp³-hybridized carbons (Fsp3) is 0.857. The van der Waals surface area contributed by atoms with E-state index in [0.29, 0.717) is 12.5 Å². The van der Waals surface area contributed by atoms with E-state index in [4.69, 9.17) is 4.74 Å². The van der Waals surface area contributed by atoms with Crippen molar-refractivity contribution in [2.45, 2.75) is 38.1 Å². The maximum absolute atomic E-state index is 11.6. The van der Waals surface area contributed by atoms with Crippen molar-refractivity contribution < 1.29 is 14.3 Å². The number of carbonyl (C=O) groups is 2. The van der Waals surface area contributed by atoms with Crippen LogP contribution in [0.2, 0.25) is 0 Å². The van der Waals surface area contributed by atoms with Gasteiger partial charge in [0, 0.05) is 34.2 Å². The van der Waals surface area contributed by atoms with Crippen LogP contribution in [0.5, 0.6) is 0 Å². The SMILES string of the molecule is CN(C)C(=O)NC1CCC(CCOC(=O)N(C)C)CC1. The van der Waals surface area contributed by atoms with Crippen LogP contribution in [0.1, 0.15) is 32.1 Å². The second-order valence-electron chi connectivity index (χ2n) is 5.86. The first-order chi connectivity index (χ1) is 9.40. The van der Waals surface area contributed by atoms with E-state index in [-0.39, 0.29) is 18.2 Å². The molecule has 1 rings (SSSR count). The highest BCUT2D eigenvalue weighted by Crippen LogP contribution is 2.26. The van der Waals surface area contributed by atoms with E-state index in [0.717, 1.165) is 32.1 Å². The molecule has 0 aromatic heterocycles. The summed E-state index contributed by atoms with van der Waals surface area (Å²) in [5, 5.41) is 3.02. The molecule has 0 bridgehead atoms. The summed E-state index contributed by atoms with van der Waals surface area (Å²) >= 11 is 0. The van der Waals surface area contributed by atoms with Gasteiger partial charge >= 0.3 is 12.1 Å². The van der Waals surface area contributed by atoms with Gasteiger partial charge in [-0.05, 0) is 38.0 Å². The molecule has 0 atom stereocenters. The van der Waals surface area contributed by atoms with Crippen molar-refractivity contribution in [3.8, 4) is 0 Å². The van der Waals surface area contributed by atoms with Gasteiger partial charge in [-0.15, -0.1) is 0 Å². The highest BCUT2D eigenvalue weighted by Gasteiger charge is 2.23. The zero-order valence-electron chi connectivity index (χ0n) is 13.0. The minimum absolute atomic E-state index is 0.0200. The number of carbonyl (C=O) groups excluding carboxylic acids is 2. The fourth-order valence-corrected chi connectivity index (χ4v) is 2.34. The van der Waals surface area contributed by atoms with E-state index in [9.17, 15) is 9.59 Å². The van der Waals surface area contributed by atoms with E-state index in [2.05, 4.69) is 5.32 Å². The van der Waals surface area contributed by atoms with Crippen LogP contribution in [-0.4, -0.2) is 62.8 Å². The molecule has 116 valence electrons. The van der Waals surface area contributed by atoms with Crippen molar-refractivity contribution in [2.24, 2.45) is 5.92 Å². The summed E-state index contributed by atoms with van der Waals surface area (Å²) in [6.07, 6.45) is 4.80. The summed E-state index contributed by atoms with van der Waals surface area (Å²) in [7, 11) is 6.86. The lowest BCUT2D eigenvalue weighted by Crippen LogP contribution is -2.43. The average Bonchev–Trinajstić information content (AvgIpc) is 2.40. The van der Waals surface area contributed by atoms with Crippen molar-refractivity contribution in [1.29, 1.82) is 0 Å². The lowest BCUT2D eigenvalue weighted by atomic mass is 9.84. The minimum Gasteiger partial charge on any atom is -0.449 e. The monoisotopic (exact) mass is 285 g/mol. The van der Waals surface area contributed by atoms with Crippen LogP contribution in [-0.2, 0) is 4.74 Å². The lowest BCUT2D eigenvalue weighted by molar-refractivity contribution is 0.108. The summed E-state index contributed by atoms with van der Waals surface area (Å²) < 4.78 is 5.14. The third-order valence-electron chi connectivity index (χ3n) is 3.70. The minimum atomic E-state index is -0.281. The van der Waals surface area contributed by atoms with Crippen LogP contribution in [0.4, 0.5) is 9.59 Å². The van der Waals surface area contributed by atoms with Gasteiger partial charge in [-0.2, -0.15) is 0 Å². The van der Waals surface area contributed by atoms with Crippen LogP contribution in [0.25, 0.3) is 0 Å². The molecule has 0 saturated heterocycles. The molecule has 1 aliphatic carbocycles. The highest BCUT2D eigenvalue weighted by molar-refractivity contribution is 5.73. The van der Waals surface area contributed by atoms with Crippen LogP contribution in [0.3, 0.4) is 0 Å². The third-order valence-corrected chi connectivity index (χ3v) is 3.70. The zero-order valence-corrected chi connectivity index (χ0v) is 13.0. The Labute approximate surface area is 121 Å². The van der Waals surface area contributed by atoms with Crippen LogP contribution in [0, 0.1) is 5.92 Å². The number of amides is 3. The Morgan fingerprint density at radius 1 is 1.05 bits per heavy atom. The highest BCUT2D eigenvalue weighted by atomic mass is 16.6. The van der Waals surface area contributed by atoms with Gasteiger partial charge in [-0.25, -0.2) is 9.59 Å². The van der Waals surface area contributed by atoms with Crippen LogP contribution >= 0.6 is 0 Å². The van der Waals surface area contributed by atoms with Gasteiger partial charge in [0.2, 0.25) is 0 Å². The van der Waals surface area contributed by atoms with E-state index < -0.39 is 0 Å². The molecular weight excluding hydrogens is 258 g/mol. The van der Waals surface area contributed by atoms with Crippen molar-refractivity contribution >= 4 is 12.1 Å². The van der Waals surface area contributed by atoms with Crippen molar-refractivity contribution in [2.75, 3.05) is 34.8 Å². The number of ether oxygens (including phenoxy) is 1. The molecular formula is C14H27N3O3. The van der Waals surface area contributed by atoms with E-state index in [1.165, 1.54) is 4.90 Å². The molecule has 3 amide bonds. The second-order valence-corrected chi connectivity index (χ2v) is 5.86. The predicted octanol–water partition coefficient (Wildman–Crippen LogP) is 1.90. The topological polar surface area (TPSA) is 61.9 Å². The zero-order chi connectivity index (χ0) is 15.1. The fourth-order valence-electron chi connectivity index (χ4n) is 2.34. The summed E-state index contributed by atoms with van der Waals surface area (Å²) in [6, 6.07) is 0.263. The first kappa shape index (κ1) is 16.6. The van der Waals surface area contributed by atoms with Gasteiger partial charge in [0.05, 0.1) is 6.61 Å². The van der Waals surface area contributed by atoms with Crippen molar-refractivity contribution in [3.05, 3.63) is 0 Å². The molecule has 1 saturated carbocycles. The van der Waals surface area contributed by atoms with Gasteiger partial charge in [0.25, 0.3) is 0 Å². The maximum atomic E-state index is 11.6. The van der Waals surface area contributed by atoms with Crippen molar-refractivity contribution in [3.63, 3.8) is 0 Å². The number of nitrogens with one attached hydrogen (secondary N) is 1. The quantitative estimate of drug-likeness (QED) is 0.858. The van der Waals surface area contributed by atoms with Gasteiger partial charge in [0.15, 0.2) is 0 Å². The van der Waals surface area contributed by atoms with E-state index in [1.807, 2.05) is 0 Å². The predicted molar refractivity (Wildman–Crippen MR) is 77.6 cm³/mol. The molecule has 0 heterocycles. The van der Waals surface area contributed by atoms with Gasteiger partial charge < -0.3 is 19.9 Å². The number of urea groups is 1. The molecule has 0 aromatic rings. The summed E-state index contributed by atoms with van der Waals surface area (Å²) in [4.78, 5) is 25.8. The molecule has 0 unspecified atom stereocenters. The number of rotatable bonds is 4. The molecule has 1 fully saturated rings. The maximum Gasteiger partial charge on any atom is 0.409 e. The molecule has 0 radical (unpaired) electrons. The van der Waals surface area contributed by atoms with Crippen LogP contribution in [0.15, 0.2) is 0 Å². The van der Waals surface area contributed by atoms with Gasteiger partial charge in [0.1, 0.15) is 0 Å². The van der Waals surface area contributed by atoms with E-state index >= 15 is 0 Å². The Balaban J connectivity index is 2.16. The Bertz CT molecular complexity index is 324. The second kappa shape index (κ2) is 7.97. The molecule has 6 nitrogen and oxygen atoms in total. The molecule has 1 aliphatic rings. The van der Waals surface area contributed by atoms with Gasteiger partial charge in [-0.3, -0.25) is 0 Å². The molecule has 0 aliphatic heterocycles. The Morgan fingerprint density at radius 3 is 2.15 bits per heavy atom. The average molecular weight is 285 g/mol. The molecule has 6 heteroatoms. The van der Waals surface area contributed by atoms with Crippen molar-refractivity contribution in [1.82, 2.24) is 15.1 Å². The van der Waals surface area contributed by atoms with Crippen LogP contribution < -0.4 is 5.32 Å². The standard InChI is InChI=1S/C14H27N3O3/c1-16(2)13(18)15-12-7-5-11(6-8-12)9-10-20-14(19)17(3)4/h11-12H,5-10H2,1-4H3,(H,15,18). The Hall–Kier alpha value is -1.46. The third kappa shape index (κ3) is 5.67. The van der Waals surface area contributed by atoms with Gasteiger partial charge in [-0.1, -0.05) is 0 Å². The Kier molecular flexibility index (Phi) is 6.61. The molecule has 0 spiro atoms. The summed E-state index contributed by atoms with van der Waals surface area (Å²) in [5.41, 5.74) is 0. The molecule has 1 N–H and O–H groups in total. The first-order valence-electron chi connectivity index (χ1n) is 7.22. The first-order valence-corrected chi connectivity index (χ1v) is 7.22. The molecule has 0 aromatic carbocycles. The number of nitrogens with zero attached hydrogens (tertiary/aromatic N) is 2. The largest absolute Gasteiger partial charge is 0.449 e. The molecule has 20 heavy (non-hydrogen) atoms. The van der Waals surface area contributed by atoms with E-state index in [1.54, 1.807) is 33.1 Å². The summed E-state index contributed by atoms with van der Waals surface area (Å²) in [5.74, 6) is 0.595. The number of hydrogen-bond acceptors (Lipinski definition) is 3. The Morgan fingerprint density at radius 2 is 1.65 bits per heavy atom. The summed E-state index contributed by atoms with van der Waals surface area (Å²) in [6.45, 7) is 0.483.